The van der Waals surface area contributed by atoms with Crippen LogP contribution in [0.25, 0.3) is 0 Å². The molecule has 0 fully saturated rings. The molecule has 0 aliphatic rings. The minimum atomic E-state index is -0.850. The van der Waals surface area contributed by atoms with E-state index in [-0.39, 0.29) is 24.4 Å². The Morgan fingerprint density at radius 1 is 0.971 bits per heavy atom. The van der Waals surface area contributed by atoms with E-state index in [0.29, 0.717) is 6.54 Å². The van der Waals surface area contributed by atoms with E-state index in [2.05, 4.69) is 10.6 Å². The van der Waals surface area contributed by atoms with Crippen molar-refractivity contribution in [3.8, 4) is 0 Å². The minimum absolute atomic E-state index is 0.277. The van der Waals surface area contributed by atoms with Crippen molar-refractivity contribution in [1.29, 1.82) is 0 Å². The van der Waals surface area contributed by atoms with Gasteiger partial charge in [0.1, 0.15) is 18.2 Å². The van der Waals surface area contributed by atoms with Gasteiger partial charge in [0.05, 0.1) is 0 Å². The average Bonchev–Trinajstić information content (AvgIpc) is 2.74. The van der Waals surface area contributed by atoms with Crippen LogP contribution in [0.5, 0.6) is 0 Å². The second-order valence-electron chi connectivity index (χ2n) is 9.72. The number of nitrogens with zero attached hydrogens (tertiary/aromatic N) is 1. The fourth-order valence-electron chi connectivity index (χ4n) is 3.71. The predicted octanol–water partition coefficient (Wildman–Crippen LogP) is 4.42. The van der Waals surface area contributed by atoms with Crippen molar-refractivity contribution in [2.45, 2.75) is 72.7 Å². The smallest absolute Gasteiger partial charge is 0.408 e. The molecule has 2 N–H and O–H groups in total. The largest absolute Gasteiger partial charge is 0.444 e. The molecule has 3 amide bonds. The molecule has 1 unspecified atom stereocenters. The fourth-order valence-corrected chi connectivity index (χ4v) is 3.71. The van der Waals surface area contributed by atoms with Gasteiger partial charge in [-0.2, -0.15) is 0 Å². The lowest BCUT2D eigenvalue weighted by atomic mass is 9.96. The summed E-state index contributed by atoms with van der Waals surface area (Å²) in [5.41, 5.74) is 3.01. The summed E-state index contributed by atoms with van der Waals surface area (Å²) in [6.45, 7) is 12.9. The molecule has 0 bridgehead atoms. The van der Waals surface area contributed by atoms with Crippen LogP contribution < -0.4 is 10.6 Å². The van der Waals surface area contributed by atoms with Gasteiger partial charge >= 0.3 is 6.09 Å². The summed E-state index contributed by atoms with van der Waals surface area (Å²) >= 11 is 0. The first-order valence-electron chi connectivity index (χ1n) is 11.6. The molecule has 0 saturated heterocycles. The highest BCUT2D eigenvalue weighted by Crippen LogP contribution is 2.27. The maximum absolute atomic E-state index is 13.5. The number of hydrogen-bond acceptors (Lipinski definition) is 4. The van der Waals surface area contributed by atoms with Crippen molar-refractivity contribution in [3.05, 3.63) is 70.8 Å². The molecular weight excluding hydrogens is 430 g/mol. The zero-order valence-electron chi connectivity index (χ0n) is 21.3. The highest BCUT2D eigenvalue weighted by Gasteiger charge is 2.34. The van der Waals surface area contributed by atoms with Crippen LogP contribution in [0, 0.1) is 13.8 Å². The zero-order valence-corrected chi connectivity index (χ0v) is 21.3. The number of rotatable bonds is 8. The molecule has 0 aliphatic carbocycles. The lowest BCUT2D eigenvalue weighted by Crippen LogP contribution is -2.50. The van der Waals surface area contributed by atoms with E-state index in [9.17, 15) is 14.4 Å². The van der Waals surface area contributed by atoms with Gasteiger partial charge in [-0.15, -0.1) is 0 Å². The maximum atomic E-state index is 13.5. The van der Waals surface area contributed by atoms with Crippen molar-refractivity contribution in [2.75, 3.05) is 6.54 Å². The molecular formula is C27H37N3O4. The number of alkyl carbamates (subject to hydrolysis) is 1. The normalized spacial score (nSPS) is 12.1. The molecule has 7 heteroatoms. The summed E-state index contributed by atoms with van der Waals surface area (Å²) in [5, 5.41) is 5.50. The van der Waals surface area contributed by atoms with E-state index >= 15 is 0 Å². The summed E-state index contributed by atoms with van der Waals surface area (Å²) in [7, 11) is 0. The molecule has 0 spiro atoms. The third-order valence-electron chi connectivity index (χ3n) is 5.18. The molecule has 1 atom stereocenters. The van der Waals surface area contributed by atoms with Gasteiger partial charge in [0.2, 0.25) is 11.8 Å². The number of carbonyl (C=O) groups is 3. The molecule has 34 heavy (non-hydrogen) atoms. The zero-order chi connectivity index (χ0) is 25.5. The van der Waals surface area contributed by atoms with E-state index in [1.165, 1.54) is 4.90 Å². The van der Waals surface area contributed by atoms with Crippen LogP contribution >= 0.6 is 0 Å². The van der Waals surface area contributed by atoms with Crippen LogP contribution in [0.1, 0.15) is 62.9 Å². The molecule has 7 nitrogen and oxygen atoms in total. The number of amides is 3. The van der Waals surface area contributed by atoms with Crippen LogP contribution in [-0.4, -0.2) is 41.0 Å². The number of hydrogen-bond donors (Lipinski definition) is 2. The molecule has 2 rings (SSSR count). The summed E-state index contributed by atoms with van der Waals surface area (Å²) in [5.74, 6) is -0.657. The number of aryl methyl sites for hydroxylation is 2. The number of nitrogens with one attached hydrogen (secondary N) is 2. The third-order valence-corrected chi connectivity index (χ3v) is 5.18. The highest BCUT2D eigenvalue weighted by molar-refractivity contribution is 5.91. The quantitative estimate of drug-likeness (QED) is 0.602. The Morgan fingerprint density at radius 3 is 2.18 bits per heavy atom. The second-order valence-corrected chi connectivity index (χ2v) is 9.72. The van der Waals surface area contributed by atoms with Gasteiger partial charge in [0.15, 0.2) is 0 Å². The first-order valence-corrected chi connectivity index (χ1v) is 11.6. The minimum Gasteiger partial charge on any atom is -0.444 e. The lowest BCUT2D eigenvalue weighted by Gasteiger charge is -2.35. The Kier molecular flexibility index (Phi) is 9.24. The molecule has 0 heterocycles. The summed E-state index contributed by atoms with van der Waals surface area (Å²) in [6, 6.07) is 14.3. The van der Waals surface area contributed by atoms with Gasteiger partial charge in [0, 0.05) is 12.6 Å². The second kappa shape index (κ2) is 11.7. The van der Waals surface area contributed by atoms with E-state index in [1.807, 2.05) is 76.2 Å². The third kappa shape index (κ3) is 7.90. The Balaban J connectivity index is 2.31. The van der Waals surface area contributed by atoms with Gasteiger partial charge in [-0.3, -0.25) is 9.59 Å². The summed E-state index contributed by atoms with van der Waals surface area (Å²) in [4.78, 5) is 40.4. The first-order chi connectivity index (χ1) is 15.9. The average molecular weight is 468 g/mol. The number of benzene rings is 2. The fraction of sp³-hybridized carbons (Fsp3) is 0.444. The van der Waals surface area contributed by atoms with Crippen molar-refractivity contribution in [3.63, 3.8) is 0 Å². The lowest BCUT2D eigenvalue weighted by molar-refractivity contribution is -0.142. The predicted molar refractivity (Wildman–Crippen MR) is 133 cm³/mol. The van der Waals surface area contributed by atoms with E-state index in [0.717, 1.165) is 22.3 Å². The Morgan fingerprint density at radius 2 is 1.62 bits per heavy atom. The van der Waals surface area contributed by atoms with Gasteiger partial charge in [-0.1, -0.05) is 54.1 Å². The van der Waals surface area contributed by atoms with Crippen molar-refractivity contribution < 1.29 is 19.1 Å². The van der Waals surface area contributed by atoms with E-state index in [1.54, 1.807) is 20.8 Å². The molecule has 184 valence electrons. The van der Waals surface area contributed by atoms with Crippen LogP contribution in [0.3, 0.4) is 0 Å². The number of carbonyl (C=O) groups excluding carboxylic acids is 3. The van der Waals surface area contributed by atoms with Crippen molar-refractivity contribution in [1.82, 2.24) is 15.5 Å². The molecule has 0 radical (unpaired) electrons. The van der Waals surface area contributed by atoms with Crippen LogP contribution in [0.4, 0.5) is 4.79 Å². The van der Waals surface area contributed by atoms with Gasteiger partial charge in [0.25, 0.3) is 0 Å². The van der Waals surface area contributed by atoms with Crippen LogP contribution in [0.2, 0.25) is 0 Å². The summed E-state index contributed by atoms with van der Waals surface area (Å²) < 4.78 is 5.24. The van der Waals surface area contributed by atoms with Crippen molar-refractivity contribution >= 4 is 17.9 Å². The highest BCUT2D eigenvalue weighted by atomic mass is 16.6. The Labute approximate surface area is 202 Å². The van der Waals surface area contributed by atoms with Gasteiger partial charge < -0.3 is 20.3 Å². The van der Waals surface area contributed by atoms with Crippen LogP contribution in [-0.2, 0) is 20.9 Å². The summed E-state index contributed by atoms with van der Waals surface area (Å²) in [6.07, 6.45) is -0.679. The molecule has 2 aromatic rings. The molecule has 0 saturated carbocycles. The number of ether oxygens (including phenoxy) is 1. The standard InChI is InChI=1S/C27H37N3O4/c1-18(2)30(23(31)17-29-26(33)34-27(5,6)7)24(22-14-13-19(3)15-20(22)4)25(32)28-16-21-11-9-8-10-12-21/h8-15,18,24H,16-17H2,1-7H3,(H,28,32)(H,29,33). The molecule has 0 aliphatic heterocycles. The topological polar surface area (TPSA) is 87.7 Å². The van der Waals surface area contributed by atoms with E-state index in [4.69, 9.17) is 4.74 Å². The van der Waals surface area contributed by atoms with E-state index < -0.39 is 17.7 Å². The maximum Gasteiger partial charge on any atom is 0.408 e. The Bertz CT molecular complexity index is 997. The van der Waals surface area contributed by atoms with Crippen LogP contribution in [0.15, 0.2) is 48.5 Å². The SMILES string of the molecule is Cc1ccc(C(C(=O)NCc2ccccc2)N(C(=O)CNC(=O)OC(C)(C)C)C(C)C)c(C)c1. The molecule has 0 aromatic heterocycles. The first kappa shape index (κ1) is 26.9. The van der Waals surface area contributed by atoms with Crippen molar-refractivity contribution in [2.24, 2.45) is 0 Å². The Hall–Kier alpha value is -3.35. The van der Waals surface area contributed by atoms with Gasteiger partial charge in [-0.05, 0) is 65.2 Å². The molecule has 2 aromatic carbocycles. The van der Waals surface area contributed by atoms with Gasteiger partial charge in [-0.25, -0.2) is 4.79 Å². The monoisotopic (exact) mass is 467 g/mol.